The fourth-order valence-corrected chi connectivity index (χ4v) is 4.28. The monoisotopic (exact) mass is 306 g/mol. The molecular formula is C11H18N2O6S. The van der Waals surface area contributed by atoms with Crippen LogP contribution in [-0.2, 0) is 19.4 Å². The van der Waals surface area contributed by atoms with Crippen LogP contribution in [0.25, 0.3) is 0 Å². The van der Waals surface area contributed by atoms with E-state index in [0.29, 0.717) is 6.42 Å². The van der Waals surface area contributed by atoms with Crippen LogP contribution in [0.2, 0.25) is 0 Å². The molecule has 2 fully saturated rings. The van der Waals surface area contributed by atoms with Gasteiger partial charge in [0.15, 0.2) is 15.4 Å². The molecule has 8 nitrogen and oxygen atoms in total. The summed E-state index contributed by atoms with van der Waals surface area (Å²) in [6.07, 6.45) is 0.739. The third-order valence-corrected chi connectivity index (χ3v) is 5.50. The van der Waals surface area contributed by atoms with Crippen molar-refractivity contribution in [1.29, 1.82) is 0 Å². The minimum absolute atomic E-state index is 0.0619. The van der Waals surface area contributed by atoms with Gasteiger partial charge in [-0.15, -0.1) is 0 Å². The van der Waals surface area contributed by atoms with E-state index in [4.69, 9.17) is 9.84 Å². The Morgan fingerprint density at radius 2 is 2.15 bits per heavy atom. The quantitative estimate of drug-likeness (QED) is 0.610. The number of urea groups is 1. The summed E-state index contributed by atoms with van der Waals surface area (Å²) in [5.41, 5.74) is -1.38. The fraction of sp³-hybridized carbons (Fsp3) is 0.818. The van der Waals surface area contributed by atoms with Crippen LogP contribution in [-0.4, -0.2) is 62.3 Å². The van der Waals surface area contributed by atoms with Gasteiger partial charge in [0, 0.05) is 19.6 Å². The molecule has 2 aliphatic rings. The van der Waals surface area contributed by atoms with E-state index >= 15 is 0 Å². The molecule has 9 heteroatoms. The number of carbonyl (C=O) groups excluding carboxylic acids is 1. The SMILES string of the molecule is O=C(NCC1CCS(=O)(=O)C1)NC1(C(=O)O)CCOC1. The van der Waals surface area contributed by atoms with Crippen LogP contribution in [0.4, 0.5) is 4.79 Å². The summed E-state index contributed by atoms with van der Waals surface area (Å²) >= 11 is 0. The molecule has 0 spiro atoms. The molecule has 0 aliphatic carbocycles. The van der Waals surface area contributed by atoms with Gasteiger partial charge in [-0.05, 0) is 12.3 Å². The number of rotatable bonds is 4. The molecule has 2 saturated heterocycles. The Bertz CT molecular complexity index is 497. The Balaban J connectivity index is 1.82. The van der Waals surface area contributed by atoms with E-state index in [1.807, 2.05) is 0 Å². The number of amides is 2. The summed E-state index contributed by atoms with van der Waals surface area (Å²) in [6.45, 7) is 0.447. The van der Waals surface area contributed by atoms with Crippen LogP contribution >= 0.6 is 0 Å². The molecule has 0 aromatic carbocycles. The summed E-state index contributed by atoms with van der Waals surface area (Å²) in [4.78, 5) is 22.9. The van der Waals surface area contributed by atoms with Gasteiger partial charge in [-0.25, -0.2) is 18.0 Å². The van der Waals surface area contributed by atoms with Gasteiger partial charge >= 0.3 is 12.0 Å². The molecule has 0 aromatic heterocycles. The number of carboxylic acid groups (broad SMARTS) is 1. The van der Waals surface area contributed by atoms with E-state index in [1.165, 1.54) is 0 Å². The number of hydrogen-bond acceptors (Lipinski definition) is 5. The smallest absolute Gasteiger partial charge is 0.332 e. The second-order valence-electron chi connectivity index (χ2n) is 5.29. The molecule has 0 saturated carbocycles. The average Bonchev–Trinajstić information content (AvgIpc) is 2.94. The number of ether oxygens (including phenoxy) is 1. The van der Waals surface area contributed by atoms with Crippen molar-refractivity contribution in [1.82, 2.24) is 10.6 Å². The summed E-state index contributed by atoms with van der Waals surface area (Å²) < 4.78 is 27.6. The molecule has 2 unspecified atom stereocenters. The maximum Gasteiger partial charge on any atom is 0.332 e. The molecule has 2 atom stereocenters. The number of aliphatic carboxylic acids is 1. The van der Waals surface area contributed by atoms with Gasteiger partial charge in [0.1, 0.15) is 0 Å². The summed E-state index contributed by atoms with van der Waals surface area (Å²) in [5, 5.41) is 14.1. The lowest BCUT2D eigenvalue weighted by Gasteiger charge is -2.24. The highest BCUT2D eigenvalue weighted by molar-refractivity contribution is 7.91. The lowest BCUT2D eigenvalue weighted by atomic mass is 9.99. The summed E-state index contributed by atoms with van der Waals surface area (Å²) in [7, 11) is -2.98. The standard InChI is InChI=1S/C11H18N2O6S/c14-9(15)11(2-3-19-7-11)13-10(16)12-5-8-1-4-20(17,18)6-8/h8H,1-7H2,(H,14,15)(H2,12,13,16). The number of hydrogen-bond donors (Lipinski definition) is 3. The Hall–Kier alpha value is -1.35. The van der Waals surface area contributed by atoms with E-state index in [-0.39, 0.29) is 43.6 Å². The van der Waals surface area contributed by atoms with Crippen molar-refractivity contribution in [3.63, 3.8) is 0 Å². The molecule has 0 aromatic rings. The summed E-state index contributed by atoms with van der Waals surface area (Å²) in [6, 6.07) is -0.609. The van der Waals surface area contributed by atoms with Crippen LogP contribution in [0.5, 0.6) is 0 Å². The van der Waals surface area contributed by atoms with Gasteiger partial charge in [-0.2, -0.15) is 0 Å². The highest BCUT2D eigenvalue weighted by Crippen LogP contribution is 2.19. The molecule has 114 valence electrons. The van der Waals surface area contributed by atoms with E-state index in [2.05, 4.69) is 10.6 Å². The molecular weight excluding hydrogens is 288 g/mol. The third kappa shape index (κ3) is 3.40. The second kappa shape index (κ2) is 5.57. The van der Waals surface area contributed by atoms with Gasteiger partial charge in [0.2, 0.25) is 0 Å². The number of nitrogens with one attached hydrogen (secondary N) is 2. The van der Waals surface area contributed by atoms with Crippen LogP contribution in [0, 0.1) is 5.92 Å². The Kier molecular flexibility index (Phi) is 4.19. The predicted molar refractivity (Wildman–Crippen MR) is 69.1 cm³/mol. The molecule has 2 rings (SSSR count). The van der Waals surface area contributed by atoms with Crippen molar-refractivity contribution in [2.75, 3.05) is 31.3 Å². The highest BCUT2D eigenvalue weighted by atomic mass is 32.2. The Morgan fingerprint density at radius 1 is 1.40 bits per heavy atom. The van der Waals surface area contributed by atoms with Crippen molar-refractivity contribution in [3.8, 4) is 0 Å². The molecule has 0 radical (unpaired) electrons. The lowest BCUT2D eigenvalue weighted by Crippen LogP contribution is -2.58. The molecule has 20 heavy (non-hydrogen) atoms. The number of carboxylic acids is 1. The molecule has 2 aliphatic heterocycles. The minimum atomic E-state index is -2.98. The van der Waals surface area contributed by atoms with E-state index < -0.39 is 27.4 Å². The van der Waals surface area contributed by atoms with Crippen LogP contribution < -0.4 is 10.6 Å². The zero-order valence-corrected chi connectivity index (χ0v) is 11.7. The fourth-order valence-electron chi connectivity index (χ4n) is 2.42. The summed E-state index contributed by atoms with van der Waals surface area (Å²) in [5.74, 6) is -1.02. The van der Waals surface area contributed by atoms with E-state index in [1.54, 1.807) is 0 Å². The van der Waals surface area contributed by atoms with Gasteiger partial charge in [0.05, 0.1) is 18.1 Å². The topological polar surface area (TPSA) is 122 Å². The van der Waals surface area contributed by atoms with Gasteiger partial charge in [-0.3, -0.25) is 0 Å². The normalized spacial score (nSPS) is 31.9. The van der Waals surface area contributed by atoms with Crippen molar-refractivity contribution in [2.24, 2.45) is 5.92 Å². The van der Waals surface area contributed by atoms with Crippen LogP contribution in [0.15, 0.2) is 0 Å². The first-order valence-corrected chi connectivity index (χ1v) is 8.23. The van der Waals surface area contributed by atoms with E-state index in [9.17, 15) is 18.0 Å². The van der Waals surface area contributed by atoms with Crippen LogP contribution in [0.1, 0.15) is 12.8 Å². The third-order valence-electron chi connectivity index (χ3n) is 3.66. The molecule has 0 bridgehead atoms. The maximum atomic E-state index is 11.7. The van der Waals surface area contributed by atoms with Crippen molar-refractivity contribution in [3.05, 3.63) is 0 Å². The highest BCUT2D eigenvalue weighted by Gasteiger charge is 2.44. The first kappa shape index (κ1) is 15.0. The van der Waals surface area contributed by atoms with E-state index in [0.717, 1.165) is 0 Å². The predicted octanol–water partition coefficient (Wildman–Crippen LogP) is -1.04. The van der Waals surface area contributed by atoms with Crippen molar-refractivity contribution >= 4 is 21.8 Å². The Morgan fingerprint density at radius 3 is 2.65 bits per heavy atom. The van der Waals surface area contributed by atoms with Gasteiger partial charge in [-0.1, -0.05) is 0 Å². The average molecular weight is 306 g/mol. The second-order valence-corrected chi connectivity index (χ2v) is 7.52. The number of sulfone groups is 1. The van der Waals surface area contributed by atoms with Crippen molar-refractivity contribution < 1.29 is 27.9 Å². The zero-order valence-electron chi connectivity index (χ0n) is 10.9. The first-order valence-electron chi connectivity index (χ1n) is 6.41. The molecule has 3 N–H and O–H groups in total. The van der Waals surface area contributed by atoms with Gasteiger partial charge in [0.25, 0.3) is 0 Å². The zero-order chi connectivity index (χ0) is 14.8. The first-order chi connectivity index (χ1) is 9.33. The largest absolute Gasteiger partial charge is 0.479 e. The van der Waals surface area contributed by atoms with Gasteiger partial charge < -0.3 is 20.5 Å². The molecule has 2 amide bonds. The Labute approximate surface area is 116 Å². The van der Waals surface area contributed by atoms with Crippen molar-refractivity contribution in [2.45, 2.75) is 18.4 Å². The maximum absolute atomic E-state index is 11.7. The minimum Gasteiger partial charge on any atom is -0.479 e. The molecule has 2 heterocycles. The lowest BCUT2D eigenvalue weighted by molar-refractivity contribution is -0.144. The van der Waals surface area contributed by atoms with Crippen LogP contribution in [0.3, 0.4) is 0 Å². The number of carbonyl (C=O) groups is 2.